The van der Waals surface area contributed by atoms with Crippen LogP contribution >= 0.6 is 0 Å². The molecule has 0 radical (unpaired) electrons. The molecule has 182 valence electrons. The molecule has 1 saturated heterocycles. The second-order valence-electron chi connectivity index (χ2n) is 10.6. The molecule has 1 spiro atoms. The van der Waals surface area contributed by atoms with Gasteiger partial charge in [0.15, 0.2) is 5.82 Å². The smallest absolute Gasteiger partial charge is 0.235 e. The molecule has 6 rings (SSSR count). The first-order chi connectivity index (χ1) is 16.9. The van der Waals surface area contributed by atoms with Crippen LogP contribution in [0, 0.1) is 11.3 Å². The van der Waals surface area contributed by atoms with Crippen LogP contribution in [0.5, 0.6) is 0 Å². The number of rotatable bonds is 5. The molecule has 0 bridgehead atoms. The van der Waals surface area contributed by atoms with Crippen LogP contribution in [0.4, 0.5) is 11.5 Å². The molecule has 2 fully saturated rings. The monoisotopic (exact) mass is 474 g/mol. The second kappa shape index (κ2) is 8.26. The number of amides is 1. The number of piperidine rings is 1. The van der Waals surface area contributed by atoms with Gasteiger partial charge in [-0.1, -0.05) is 0 Å². The quantitative estimate of drug-likeness (QED) is 0.688. The van der Waals surface area contributed by atoms with Crippen molar-refractivity contribution in [3.05, 3.63) is 41.1 Å². The van der Waals surface area contributed by atoms with Crippen molar-refractivity contribution in [2.75, 3.05) is 31.6 Å². The van der Waals surface area contributed by atoms with Crippen LogP contribution in [-0.4, -0.2) is 69.9 Å². The topological polar surface area (TPSA) is 116 Å². The Balaban J connectivity index is 1.01. The molecule has 35 heavy (non-hydrogen) atoms. The summed E-state index contributed by atoms with van der Waals surface area (Å²) in [5, 5.41) is 26.8. The van der Waals surface area contributed by atoms with Gasteiger partial charge in [0.2, 0.25) is 5.91 Å². The number of ether oxygens (including phenoxy) is 1. The van der Waals surface area contributed by atoms with Gasteiger partial charge >= 0.3 is 0 Å². The number of carbonyl (C=O) groups is 1. The van der Waals surface area contributed by atoms with Crippen molar-refractivity contribution in [2.24, 2.45) is 4.99 Å². The average molecular weight is 475 g/mol. The highest BCUT2D eigenvalue weighted by atomic mass is 16.5. The van der Waals surface area contributed by atoms with E-state index in [0.717, 1.165) is 61.5 Å². The number of benzene rings is 1. The predicted molar refractivity (Wildman–Crippen MR) is 130 cm³/mol. The minimum Gasteiger partial charge on any atom is -0.390 e. The number of nitrogens with zero attached hydrogens (tertiary/aromatic N) is 5. The van der Waals surface area contributed by atoms with E-state index in [-0.39, 0.29) is 18.1 Å². The van der Waals surface area contributed by atoms with Crippen LogP contribution in [-0.2, 0) is 21.4 Å². The normalized spacial score (nSPS) is 28.8. The van der Waals surface area contributed by atoms with Gasteiger partial charge in [-0.05, 0) is 69.5 Å². The molecule has 1 aromatic carbocycles. The van der Waals surface area contributed by atoms with E-state index in [9.17, 15) is 15.2 Å². The lowest BCUT2D eigenvalue weighted by Crippen LogP contribution is -2.47. The molecule has 1 saturated carbocycles. The summed E-state index contributed by atoms with van der Waals surface area (Å²) >= 11 is 0. The Bertz CT molecular complexity index is 1230. The van der Waals surface area contributed by atoms with E-state index < -0.39 is 11.0 Å². The Morgan fingerprint density at radius 2 is 2.11 bits per heavy atom. The standard InChI is InChI=1S/C26H30N6O3/c1-25(34)12-19(13-25)32-23-18(15-29-32)11-20(16-28-23)35-9-8-31-6-4-26(5-7-31)21-10-17(14-27)2-3-22(21)30-24(26)33/h2-3,10,15-16,19-20,34H,4-9,11-13H2,1H3,(H,30,33). The van der Waals surface area contributed by atoms with E-state index in [2.05, 4.69) is 26.4 Å². The molecule has 4 aliphatic rings. The maximum absolute atomic E-state index is 12.9. The number of likely N-dealkylation sites (tertiary alicyclic amines) is 1. The van der Waals surface area contributed by atoms with Crippen LogP contribution < -0.4 is 5.32 Å². The van der Waals surface area contributed by atoms with Gasteiger partial charge in [0.05, 0.1) is 47.6 Å². The van der Waals surface area contributed by atoms with E-state index in [4.69, 9.17) is 4.74 Å². The van der Waals surface area contributed by atoms with Crippen molar-refractivity contribution in [1.29, 1.82) is 5.26 Å². The van der Waals surface area contributed by atoms with Crippen LogP contribution in [0.2, 0.25) is 0 Å². The summed E-state index contributed by atoms with van der Waals surface area (Å²) in [5.41, 5.74) is 2.38. The van der Waals surface area contributed by atoms with Crippen LogP contribution in [0.1, 0.15) is 55.3 Å². The highest BCUT2D eigenvalue weighted by molar-refractivity contribution is 6.06. The van der Waals surface area contributed by atoms with Crippen molar-refractivity contribution < 1.29 is 14.6 Å². The number of anilines is 1. The van der Waals surface area contributed by atoms with Gasteiger partial charge < -0.3 is 20.1 Å². The van der Waals surface area contributed by atoms with Gasteiger partial charge in [-0.25, -0.2) is 9.67 Å². The van der Waals surface area contributed by atoms with Crippen molar-refractivity contribution in [1.82, 2.24) is 14.7 Å². The molecule has 1 unspecified atom stereocenters. The molecule has 4 heterocycles. The zero-order chi connectivity index (χ0) is 24.2. The van der Waals surface area contributed by atoms with Crippen LogP contribution in [0.15, 0.2) is 29.4 Å². The van der Waals surface area contributed by atoms with E-state index in [1.54, 1.807) is 6.07 Å². The minimum atomic E-state index is -0.591. The van der Waals surface area contributed by atoms with Crippen LogP contribution in [0.3, 0.4) is 0 Å². The van der Waals surface area contributed by atoms with Gasteiger partial charge in [-0.2, -0.15) is 10.4 Å². The number of nitrogens with one attached hydrogen (secondary N) is 1. The van der Waals surface area contributed by atoms with Gasteiger partial charge in [-0.3, -0.25) is 4.79 Å². The third-order valence-electron chi connectivity index (χ3n) is 8.12. The van der Waals surface area contributed by atoms with E-state index in [0.29, 0.717) is 25.0 Å². The molecule has 1 aliphatic carbocycles. The third kappa shape index (κ3) is 3.86. The fourth-order valence-corrected chi connectivity index (χ4v) is 6.07. The molecule has 9 heteroatoms. The number of aliphatic imine (C=N–C) groups is 1. The molecule has 2 N–H and O–H groups in total. The van der Waals surface area contributed by atoms with Gasteiger partial charge in [0.25, 0.3) is 0 Å². The number of hydrogen-bond acceptors (Lipinski definition) is 7. The van der Waals surface area contributed by atoms with Crippen molar-refractivity contribution in [3.63, 3.8) is 0 Å². The first-order valence-corrected chi connectivity index (χ1v) is 12.4. The maximum atomic E-state index is 12.9. The molecule has 3 aliphatic heterocycles. The third-order valence-corrected chi connectivity index (χ3v) is 8.12. The molecule has 1 amide bonds. The summed E-state index contributed by atoms with van der Waals surface area (Å²) in [6.07, 6.45) is 7.32. The SMILES string of the molecule is CC1(O)CC(n2ncc3c2N=CC(OCCN2CCC4(CC2)C(=O)Nc2ccc(C#N)cc24)C3)C1. The molecule has 9 nitrogen and oxygen atoms in total. The lowest BCUT2D eigenvalue weighted by Gasteiger charge is -2.41. The number of aliphatic hydroxyl groups is 1. The Kier molecular flexibility index (Phi) is 5.29. The molecule has 1 aromatic heterocycles. The maximum Gasteiger partial charge on any atom is 0.235 e. The Morgan fingerprint density at radius 1 is 1.31 bits per heavy atom. The number of carbonyl (C=O) groups excluding carboxylic acids is 1. The molecule has 2 aromatic rings. The average Bonchev–Trinajstić information content (AvgIpc) is 3.37. The summed E-state index contributed by atoms with van der Waals surface area (Å²) in [6, 6.07) is 7.88. The molecule has 1 atom stereocenters. The Morgan fingerprint density at radius 3 is 2.86 bits per heavy atom. The number of nitriles is 1. The highest BCUT2D eigenvalue weighted by Crippen LogP contribution is 2.45. The lowest BCUT2D eigenvalue weighted by atomic mass is 9.73. The first-order valence-electron chi connectivity index (χ1n) is 12.4. The van der Waals surface area contributed by atoms with Gasteiger partial charge in [0, 0.05) is 30.4 Å². The Labute approximate surface area is 204 Å². The highest BCUT2D eigenvalue weighted by Gasteiger charge is 2.48. The van der Waals surface area contributed by atoms with Crippen molar-refractivity contribution in [3.8, 4) is 6.07 Å². The zero-order valence-electron chi connectivity index (χ0n) is 19.9. The summed E-state index contributed by atoms with van der Waals surface area (Å²) in [7, 11) is 0. The minimum absolute atomic E-state index is 0.0544. The zero-order valence-corrected chi connectivity index (χ0v) is 19.9. The number of hydrogen-bond donors (Lipinski definition) is 2. The van der Waals surface area contributed by atoms with Crippen molar-refractivity contribution >= 4 is 23.6 Å². The number of fused-ring (bicyclic) bond motifs is 3. The van der Waals surface area contributed by atoms with E-state index in [1.165, 1.54) is 0 Å². The van der Waals surface area contributed by atoms with Gasteiger partial charge in [0.1, 0.15) is 0 Å². The fourth-order valence-electron chi connectivity index (χ4n) is 6.07. The molecular formula is C26H30N6O3. The predicted octanol–water partition coefficient (Wildman–Crippen LogP) is 2.47. The molecular weight excluding hydrogens is 444 g/mol. The largest absolute Gasteiger partial charge is 0.390 e. The van der Waals surface area contributed by atoms with Crippen molar-refractivity contribution in [2.45, 2.75) is 62.2 Å². The van der Waals surface area contributed by atoms with Gasteiger partial charge in [-0.15, -0.1) is 0 Å². The van der Waals surface area contributed by atoms with E-state index >= 15 is 0 Å². The summed E-state index contributed by atoms with van der Waals surface area (Å²) in [6.45, 7) is 4.89. The fraction of sp³-hybridized carbons (Fsp3) is 0.538. The summed E-state index contributed by atoms with van der Waals surface area (Å²) in [5.74, 6) is 0.945. The Hall–Kier alpha value is -3.06. The summed E-state index contributed by atoms with van der Waals surface area (Å²) < 4.78 is 8.07. The summed E-state index contributed by atoms with van der Waals surface area (Å²) in [4.78, 5) is 19.8. The van der Waals surface area contributed by atoms with E-state index in [1.807, 2.05) is 36.1 Å². The first kappa shape index (κ1) is 22.4. The van der Waals surface area contributed by atoms with Crippen LogP contribution in [0.25, 0.3) is 0 Å². The lowest BCUT2D eigenvalue weighted by molar-refractivity contribution is -0.122. The second-order valence-corrected chi connectivity index (χ2v) is 10.6. The number of aromatic nitrogens is 2.